The molecule has 1 fully saturated rings. The third-order valence-electron chi connectivity index (χ3n) is 5.43. The molecule has 2 amide bonds. The van der Waals surface area contributed by atoms with E-state index in [9.17, 15) is 9.18 Å². The molecule has 0 saturated carbocycles. The summed E-state index contributed by atoms with van der Waals surface area (Å²) in [4.78, 5) is 17.4. The summed E-state index contributed by atoms with van der Waals surface area (Å²) in [6, 6.07) is 14.6. The van der Waals surface area contributed by atoms with E-state index in [1.54, 1.807) is 0 Å². The van der Waals surface area contributed by atoms with Gasteiger partial charge >= 0.3 is 6.03 Å². The number of benzene rings is 2. The van der Waals surface area contributed by atoms with Crippen LogP contribution in [-0.4, -0.2) is 41.5 Å². The van der Waals surface area contributed by atoms with Crippen molar-refractivity contribution in [3.05, 3.63) is 64.9 Å². The van der Waals surface area contributed by atoms with Crippen molar-refractivity contribution in [3.8, 4) is 0 Å². The Bertz CT molecular complexity index is 794. The van der Waals surface area contributed by atoms with E-state index in [1.807, 2.05) is 11.0 Å². The van der Waals surface area contributed by atoms with Gasteiger partial charge in [-0.2, -0.15) is 0 Å². The van der Waals surface area contributed by atoms with Crippen molar-refractivity contribution in [2.45, 2.75) is 45.2 Å². The molecule has 0 unspecified atom stereocenters. The van der Waals surface area contributed by atoms with Gasteiger partial charge in [0.05, 0.1) is 10.7 Å². The highest BCUT2D eigenvalue weighted by Crippen LogP contribution is 2.25. The Morgan fingerprint density at radius 2 is 1.93 bits per heavy atom. The first-order valence-corrected chi connectivity index (χ1v) is 10.7. The van der Waals surface area contributed by atoms with Gasteiger partial charge in [-0.3, -0.25) is 4.90 Å². The van der Waals surface area contributed by atoms with Crippen molar-refractivity contribution in [3.63, 3.8) is 0 Å². The fourth-order valence-electron chi connectivity index (χ4n) is 3.79. The molecule has 1 aliphatic rings. The second-order valence-electron chi connectivity index (χ2n) is 7.59. The van der Waals surface area contributed by atoms with Crippen LogP contribution in [0.4, 0.5) is 14.9 Å². The molecular formula is C23H29ClFN3O. The quantitative estimate of drug-likeness (QED) is 0.620. The molecule has 0 radical (unpaired) electrons. The van der Waals surface area contributed by atoms with Crippen molar-refractivity contribution in [1.82, 2.24) is 9.80 Å². The van der Waals surface area contributed by atoms with Crippen molar-refractivity contribution < 1.29 is 9.18 Å². The number of likely N-dealkylation sites (tertiary alicyclic amines) is 1. The lowest BCUT2D eigenvalue weighted by Gasteiger charge is -2.38. The topological polar surface area (TPSA) is 35.6 Å². The first-order valence-electron chi connectivity index (χ1n) is 10.4. The minimum Gasteiger partial charge on any atom is -0.321 e. The van der Waals surface area contributed by atoms with Crippen LogP contribution in [0.15, 0.2) is 48.5 Å². The number of unbranched alkanes of at least 4 members (excludes halogenated alkanes) is 1. The van der Waals surface area contributed by atoms with Crippen LogP contribution in [0.25, 0.3) is 0 Å². The van der Waals surface area contributed by atoms with Crippen LogP contribution in [0, 0.1) is 5.82 Å². The zero-order chi connectivity index (χ0) is 20.6. The van der Waals surface area contributed by atoms with E-state index in [0.29, 0.717) is 12.2 Å². The van der Waals surface area contributed by atoms with Gasteiger partial charge < -0.3 is 10.2 Å². The highest BCUT2D eigenvalue weighted by atomic mass is 35.5. The molecule has 6 heteroatoms. The summed E-state index contributed by atoms with van der Waals surface area (Å²) in [7, 11) is 0. The molecule has 1 saturated heterocycles. The number of hydrogen-bond donors (Lipinski definition) is 1. The largest absolute Gasteiger partial charge is 0.322 e. The monoisotopic (exact) mass is 417 g/mol. The van der Waals surface area contributed by atoms with Gasteiger partial charge in [0.15, 0.2) is 0 Å². The van der Waals surface area contributed by atoms with Crippen LogP contribution in [0.2, 0.25) is 5.02 Å². The Labute approximate surface area is 177 Å². The highest BCUT2D eigenvalue weighted by Gasteiger charge is 2.28. The molecule has 2 aromatic rings. The van der Waals surface area contributed by atoms with Gasteiger partial charge in [0.2, 0.25) is 0 Å². The molecule has 156 valence electrons. The molecule has 1 aliphatic heterocycles. The van der Waals surface area contributed by atoms with E-state index >= 15 is 0 Å². The van der Waals surface area contributed by atoms with E-state index in [1.165, 1.54) is 23.8 Å². The number of piperidine rings is 1. The summed E-state index contributed by atoms with van der Waals surface area (Å²) in [6.07, 6.45) is 3.87. The van der Waals surface area contributed by atoms with E-state index in [2.05, 4.69) is 41.4 Å². The number of nitrogens with zero attached hydrogens (tertiary/aromatic N) is 2. The Kier molecular flexibility index (Phi) is 7.90. The first-order chi connectivity index (χ1) is 14.1. The normalized spacial score (nSPS) is 15.3. The summed E-state index contributed by atoms with van der Waals surface area (Å²) in [5.41, 5.74) is 1.76. The van der Waals surface area contributed by atoms with Crippen molar-refractivity contribution in [2.75, 3.05) is 25.0 Å². The number of urea groups is 1. The molecule has 3 rings (SSSR count). The van der Waals surface area contributed by atoms with E-state index in [4.69, 9.17) is 11.6 Å². The number of anilines is 1. The lowest BCUT2D eigenvalue weighted by atomic mass is 10.0. The average molecular weight is 418 g/mol. The molecule has 1 N–H and O–H groups in total. The number of carbonyl (C=O) groups is 1. The predicted octanol–water partition coefficient (Wildman–Crippen LogP) is 5.78. The van der Waals surface area contributed by atoms with Crippen LogP contribution < -0.4 is 5.32 Å². The summed E-state index contributed by atoms with van der Waals surface area (Å²) < 4.78 is 13.3. The Hall–Kier alpha value is -2.11. The van der Waals surface area contributed by atoms with E-state index < -0.39 is 5.82 Å². The summed E-state index contributed by atoms with van der Waals surface area (Å²) in [5, 5.41) is 3.08. The number of rotatable bonds is 7. The third-order valence-corrected chi connectivity index (χ3v) is 5.75. The van der Waals surface area contributed by atoms with Crippen LogP contribution in [-0.2, 0) is 6.54 Å². The van der Waals surface area contributed by atoms with Gasteiger partial charge in [-0.1, -0.05) is 55.3 Å². The molecule has 0 spiro atoms. The van der Waals surface area contributed by atoms with Gasteiger partial charge in [0.25, 0.3) is 0 Å². The summed E-state index contributed by atoms with van der Waals surface area (Å²) in [5.74, 6) is -0.415. The van der Waals surface area contributed by atoms with Crippen LogP contribution >= 0.6 is 11.6 Å². The first kappa shape index (κ1) is 21.6. The lowest BCUT2D eigenvalue weighted by molar-refractivity contribution is 0.122. The lowest BCUT2D eigenvalue weighted by Crippen LogP contribution is -2.49. The van der Waals surface area contributed by atoms with E-state index in [-0.39, 0.29) is 17.1 Å². The summed E-state index contributed by atoms with van der Waals surface area (Å²) in [6.45, 7) is 5.71. The van der Waals surface area contributed by atoms with Gasteiger partial charge in [-0.05, 0) is 43.0 Å². The fraction of sp³-hybridized carbons (Fsp3) is 0.435. The van der Waals surface area contributed by atoms with Gasteiger partial charge in [0, 0.05) is 32.2 Å². The predicted molar refractivity (Wildman–Crippen MR) is 117 cm³/mol. The van der Waals surface area contributed by atoms with Crippen molar-refractivity contribution in [2.24, 2.45) is 0 Å². The molecule has 0 aliphatic carbocycles. The second kappa shape index (κ2) is 10.6. The number of halogens is 2. The fourth-order valence-corrected chi connectivity index (χ4v) is 4.00. The van der Waals surface area contributed by atoms with Crippen molar-refractivity contribution >= 4 is 23.3 Å². The number of carbonyl (C=O) groups excluding carboxylic acids is 1. The van der Waals surface area contributed by atoms with Crippen LogP contribution in [0.3, 0.4) is 0 Å². The molecular weight excluding hydrogens is 389 g/mol. The van der Waals surface area contributed by atoms with Crippen LogP contribution in [0.1, 0.15) is 38.2 Å². The summed E-state index contributed by atoms with van der Waals surface area (Å²) >= 11 is 6.08. The molecule has 0 bridgehead atoms. The Morgan fingerprint density at radius 1 is 1.21 bits per heavy atom. The van der Waals surface area contributed by atoms with Gasteiger partial charge in [0.1, 0.15) is 5.82 Å². The molecule has 4 nitrogen and oxygen atoms in total. The maximum absolute atomic E-state index is 13.3. The average Bonchev–Trinajstić information content (AvgIpc) is 2.72. The number of amides is 2. The molecule has 0 aromatic heterocycles. The maximum Gasteiger partial charge on any atom is 0.322 e. The SMILES string of the molecule is CCCCN(C(=O)Nc1ccc(F)cc1Cl)C1CCN(Cc2ccccc2)CC1. The zero-order valence-electron chi connectivity index (χ0n) is 16.9. The minimum absolute atomic E-state index is 0.159. The molecule has 29 heavy (non-hydrogen) atoms. The number of hydrogen-bond acceptors (Lipinski definition) is 2. The van der Waals surface area contributed by atoms with Crippen LogP contribution in [0.5, 0.6) is 0 Å². The molecule has 0 atom stereocenters. The highest BCUT2D eigenvalue weighted by molar-refractivity contribution is 6.33. The standard InChI is InChI=1S/C23H29ClFN3O/c1-2-3-13-28(23(29)26-22-10-9-19(25)16-21(22)24)20-11-14-27(15-12-20)17-18-7-5-4-6-8-18/h4-10,16,20H,2-3,11-15,17H2,1H3,(H,26,29). The maximum atomic E-state index is 13.3. The smallest absolute Gasteiger partial charge is 0.321 e. The zero-order valence-corrected chi connectivity index (χ0v) is 17.7. The third kappa shape index (κ3) is 6.18. The number of nitrogens with one attached hydrogen (secondary N) is 1. The van der Waals surface area contributed by atoms with Gasteiger partial charge in [-0.15, -0.1) is 0 Å². The second-order valence-corrected chi connectivity index (χ2v) is 8.00. The molecule has 2 aromatic carbocycles. The Morgan fingerprint density at radius 3 is 2.59 bits per heavy atom. The van der Waals surface area contributed by atoms with Gasteiger partial charge in [-0.25, -0.2) is 9.18 Å². The minimum atomic E-state index is -0.415. The van der Waals surface area contributed by atoms with E-state index in [0.717, 1.165) is 45.3 Å². The Balaban J connectivity index is 1.60. The molecule has 1 heterocycles. The van der Waals surface area contributed by atoms with Crippen molar-refractivity contribution in [1.29, 1.82) is 0 Å².